The SMILES string of the molecule is O=C1CCC(c2ccc(N3CCC(C(=O)N4CCCC4)CC3)cc2)C(=O)N1. The normalized spacial score (nSPS) is 24.2. The number of nitrogens with one attached hydrogen (secondary N) is 1. The zero-order valence-corrected chi connectivity index (χ0v) is 15.7. The monoisotopic (exact) mass is 369 g/mol. The number of hydrogen-bond donors (Lipinski definition) is 1. The molecule has 0 aliphatic carbocycles. The van der Waals surface area contributed by atoms with Crippen molar-refractivity contribution in [2.75, 3.05) is 31.1 Å². The number of likely N-dealkylation sites (tertiary alicyclic amines) is 1. The molecule has 6 nitrogen and oxygen atoms in total. The van der Waals surface area contributed by atoms with Crippen LogP contribution in [0.5, 0.6) is 0 Å². The number of nitrogens with zero attached hydrogens (tertiary/aromatic N) is 2. The highest BCUT2D eigenvalue weighted by Crippen LogP contribution is 2.29. The third-order valence-corrected chi connectivity index (χ3v) is 6.16. The molecule has 1 aromatic rings. The van der Waals surface area contributed by atoms with E-state index in [-0.39, 0.29) is 23.7 Å². The lowest BCUT2D eigenvalue weighted by molar-refractivity contribution is -0.135. The van der Waals surface area contributed by atoms with Crippen molar-refractivity contribution in [1.82, 2.24) is 10.2 Å². The van der Waals surface area contributed by atoms with Crippen LogP contribution in [0.15, 0.2) is 24.3 Å². The lowest BCUT2D eigenvalue weighted by Gasteiger charge is -2.34. The van der Waals surface area contributed by atoms with E-state index >= 15 is 0 Å². The standard InChI is InChI=1S/C21H27N3O3/c25-19-8-7-18(20(26)22-19)15-3-5-17(6-4-15)23-13-9-16(10-14-23)21(27)24-11-1-2-12-24/h3-6,16,18H,1-2,7-14H2,(H,22,25,26). The molecule has 3 heterocycles. The number of piperidine rings is 2. The quantitative estimate of drug-likeness (QED) is 0.828. The number of rotatable bonds is 3. The van der Waals surface area contributed by atoms with Crippen LogP contribution in [0, 0.1) is 5.92 Å². The second-order valence-corrected chi connectivity index (χ2v) is 7.89. The molecule has 0 radical (unpaired) electrons. The molecule has 1 unspecified atom stereocenters. The molecule has 0 aromatic heterocycles. The molecular formula is C21H27N3O3. The molecule has 27 heavy (non-hydrogen) atoms. The van der Waals surface area contributed by atoms with E-state index in [4.69, 9.17) is 0 Å². The van der Waals surface area contributed by atoms with Crippen LogP contribution in [0.4, 0.5) is 5.69 Å². The topological polar surface area (TPSA) is 69.7 Å². The molecule has 0 bridgehead atoms. The number of amides is 3. The summed E-state index contributed by atoms with van der Waals surface area (Å²) in [5, 5.41) is 2.42. The van der Waals surface area contributed by atoms with Gasteiger partial charge in [-0.2, -0.15) is 0 Å². The summed E-state index contributed by atoms with van der Waals surface area (Å²) in [6.07, 6.45) is 5.08. The first-order valence-corrected chi connectivity index (χ1v) is 10.1. The Hall–Kier alpha value is -2.37. The van der Waals surface area contributed by atoms with Gasteiger partial charge in [-0.15, -0.1) is 0 Å². The number of carbonyl (C=O) groups is 3. The number of benzene rings is 1. The molecule has 3 aliphatic heterocycles. The number of imide groups is 1. The molecule has 4 rings (SSSR count). The largest absolute Gasteiger partial charge is 0.371 e. The van der Waals surface area contributed by atoms with Crippen LogP contribution in [-0.4, -0.2) is 48.8 Å². The molecule has 3 saturated heterocycles. The van der Waals surface area contributed by atoms with Crippen LogP contribution in [0.3, 0.4) is 0 Å². The Kier molecular flexibility index (Phi) is 5.14. The highest BCUT2D eigenvalue weighted by atomic mass is 16.2. The Morgan fingerprint density at radius 2 is 1.59 bits per heavy atom. The summed E-state index contributed by atoms with van der Waals surface area (Å²) in [4.78, 5) is 40.2. The van der Waals surface area contributed by atoms with Gasteiger partial charge >= 0.3 is 0 Å². The van der Waals surface area contributed by atoms with Gasteiger partial charge < -0.3 is 9.80 Å². The van der Waals surface area contributed by atoms with Crippen molar-refractivity contribution in [3.05, 3.63) is 29.8 Å². The van der Waals surface area contributed by atoms with Crippen LogP contribution >= 0.6 is 0 Å². The molecular weight excluding hydrogens is 342 g/mol. The summed E-state index contributed by atoms with van der Waals surface area (Å²) in [6, 6.07) is 8.11. The summed E-state index contributed by atoms with van der Waals surface area (Å²) in [5.41, 5.74) is 2.10. The van der Waals surface area contributed by atoms with Crippen LogP contribution in [0.1, 0.15) is 50.0 Å². The van der Waals surface area contributed by atoms with Crippen molar-refractivity contribution in [3.63, 3.8) is 0 Å². The smallest absolute Gasteiger partial charge is 0.234 e. The van der Waals surface area contributed by atoms with E-state index in [0.717, 1.165) is 63.1 Å². The first-order chi connectivity index (χ1) is 13.1. The van der Waals surface area contributed by atoms with Gasteiger partial charge in [0.05, 0.1) is 5.92 Å². The lowest BCUT2D eigenvalue weighted by Crippen LogP contribution is -2.41. The number of anilines is 1. The van der Waals surface area contributed by atoms with E-state index in [1.54, 1.807) is 0 Å². The van der Waals surface area contributed by atoms with Crippen LogP contribution in [-0.2, 0) is 14.4 Å². The Morgan fingerprint density at radius 1 is 0.926 bits per heavy atom. The van der Waals surface area contributed by atoms with Crippen molar-refractivity contribution in [2.45, 2.75) is 44.4 Å². The van der Waals surface area contributed by atoms with Gasteiger partial charge in [-0.25, -0.2) is 0 Å². The van der Waals surface area contributed by atoms with Crippen molar-refractivity contribution in [2.24, 2.45) is 5.92 Å². The van der Waals surface area contributed by atoms with Crippen molar-refractivity contribution < 1.29 is 14.4 Å². The Balaban J connectivity index is 1.34. The molecule has 0 saturated carbocycles. The van der Waals surface area contributed by atoms with Gasteiger partial charge in [0.25, 0.3) is 0 Å². The minimum absolute atomic E-state index is 0.169. The van der Waals surface area contributed by atoms with Gasteiger partial charge in [0.1, 0.15) is 0 Å². The molecule has 1 aromatic carbocycles. The molecule has 6 heteroatoms. The zero-order valence-electron chi connectivity index (χ0n) is 15.7. The maximum Gasteiger partial charge on any atom is 0.234 e. The Labute approximate surface area is 159 Å². The summed E-state index contributed by atoms with van der Waals surface area (Å²) in [7, 11) is 0. The van der Waals surface area contributed by atoms with Gasteiger partial charge in [0, 0.05) is 44.2 Å². The molecule has 3 aliphatic rings. The Bertz CT molecular complexity index is 717. The molecule has 1 atom stereocenters. The van der Waals surface area contributed by atoms with Gasteiger partial charge in [-0.3, -0.25) is 19.7 Å². The van der Waals surface area contributed by atoms with Crippen molar-refractivity contribution in [3.8, 4) is 0 Å². The predicted molar refractivity (Wildman–Crippen MR) is 102 cm³/mol. The first-order valence-electron chi connectivity index (χ1n) is 10.1. The highest BCUT2D eigenvalue weighted by molar-refractivity contribution is 6.00. The van der Waals surface area contributed by atoms with Crippen LogP contribution in [0.2, 0.25) is 0 Å². The average Bonchev–Trinajstić information content (AvgIpc) is 3.23. The maximum absolute atomic E-state index is 12.6. The first kappa shape index (κ1) is 18.0. The fraction of sp³-hybridized carbons (Fsp3) is 0.571. The molecule has 1 N–H and O–H groups in total. The lowest BCUT2D eigenvalue weighted by atomic mass is 9.90. The van der Waals surface area contributed by atoms with E-state index in [9.17, 15) is 14.4 Å². The van der Waals surface area contributed by atoms with Crippen molar-refractivity contribution in [1.29, 1.82) is 0 Å². The fourth-order valence-electron chi connectivity index (χ4n) is 4.51. The third kappa shape index (κ3) is 3.84. The second kappa shape index (κ2) is 7.71. The van der Waals surface area contributed by atoms with Gasteiger partial charge in [-0.05, 0) is 49.8 Å². The highest BCUT2D eigenvalue weighted by Gasteiger charge is 2.30. The summed E-state index contributed by atoms with van der Waals surface area (Å²) in [6.45, 7) is 3.64. The van der Waals surface area contributed by atoms with E-state index in [1.807, 2.05) is 17.0 Å². The van der Waals surface area contributed by atoms with Gasteiger partial charge in [0.15, 0.2) is 0 Å². The summed E-state index contributed by atoms with van der Waals surface area (Å²) < 4.78 is 0. The zero-order chi connectivity index (χ0) is 18.8. The van der Waals surface area contributed by atoms with Crippen LogP contribution in [0.25, 0.3) is 0 Å². The van der Waals surface area contributed by atoms with Crippen molar-refractivity contribution >= 4 is 23.4 Å². The number of carbonyl (C=O) groups excluding carboxylic acids is 3. The van der Waals surface area contributed by atoms with Gasteiger partial charge in [0.2, 0.25) is 17.7 Å². The summed E-state index contributed by atoms with van der Waals surface area (Å²) >= 11 is 0. The van der Waals surface area contributed by atoms with E-state index in [1.165, 1.54) is 0 Å². The van der Waals surface area contributed by atoms with E-state index < -0.39 is 0 Å². The molecule has 0 spiro atoms. The third-order valence-electron chi connectivity index (χ3n) is 6.16. The van der Waals surface area contributed by atoms with Gasteiger partial charge in [-0.1, -0.05) is 12.1 Å². The van der Waals surface area contributed by atoms with Crippen LogP contribution < -0.4 is 10.2 Å². The number of hydrogen-bond acceptors (Lipinski definition) is 4. The van der Waals surface area contributed by atoms with E-state index in [0.29, 0.717) is 18.7 Å². The second-order valence-electron chi connectivity index (χ2n) is 7.89. The minimum atomic E-state index is -0.236. The molecule has 3 amide bonds. The summed E-state index contributed by atoms with van der Waals surface area (Å²) in [5.74, 6) is -0.0949. The fourth-order valence-corrected chi connectivity index (χ4v) is 4.51. The molecule has 144 valence electrons. The minimum Gasteiger partial charge on any atom is -0.371 e. The Morgan fingerprint density at radius 3 is 2.22 bits per heavy atom. The van der Waals surface area contributed by atoms with E-state index in [2.05, 4.69) is 22.3 Å². The average molecular weight is 369 g/mol. The molecule has 3 fully saturated rings. The predicted octanol–water partition coefficient (Wildman–Crippen LogP) is 2.05. The maximum atomic E-state index is 12.6.